The molecule has 1 aromatic carbocycles. The maximum atomic E-state index is 12.8. The molecule has 0 bridgehead atoms. The van der Waals surface area contributed by atoms with E-state index >= 15 is 0 Å². The van der Waals surface area contributed by atoms with Gasteiger partial charge >= 0.3 is 0 Å². The van der Waals surface area contributed by atoms with Crippen molar-refractivity contribution >= 4 is 10.8 Å². The summed E-state index contributed by atoms with van der Waals surface area (Å²) >= 11 is 0. The Bertz CT molecular complexity index is 551. The molecule has 2 rings (SSSR count). The fourth-order valence-electron chi connectivity index (χ4n) is 1.60. The highest BCUT2D eigenvalue weighted by atomic mass is 32.2. The second-order valence-corrected chi connectivity index (χ2v) is 5.61. The Morgan fingerprint density at radius 1 is 1.33 bits per heavy atom. The molecule has 0 aliphatic heterocycles. The van der Waals surface area contributed by atoms with E-state index in [1.54, 1.807) is 4.68 Å². The molecule has 0 amide bonds. The SMILES string of the molecule is CC(C)n1ncnc1CS(=O)c1ccc(F)cc1. The maximum Gasteiger partial charge on any atom is 0.140 e. The number of benzene rings is 1. The third-order valence-corrected chi connectivity index (χ3v) is 3.79. The van der Waals surface area contributed by atoms with E-state index in [1.807, 2.05) is 13.8 Å². The van der Waals surface area contributed by atoms with Gasteiger partial charge in [-0.15, -0.1) is 0 Å². The van der Waals surface area contributed by atoms with E-state index in [0.29, 0.717) is 10.7 Å². The van der Waals surface area contributed by atoms with E-state index < -0.39 is 10.8 Å². The van der Waals surface area contributed by atoms with Crippen molar-refractivity contribution in [1.29, 1.82) is 0 Å². The van der Waals surface area contributed by atoms with Gasteiger partial charge in [-0.3, -0.25) is 4.21 Å². The van der Waals surface area contributed by atoms with Crippen LogP contribution in [-0.2, 0) is 16.6 Å². The summed E-state index contributed by atoms with van der Waals surface area (Å²) in [5, 5.41) is 4.09. The van der Waals surface area contributed by atoms with Gasteiger partial charge in [0.2, 0.25) is 0 Å². The van der Waals surface area contributed by atoms with Crippen LogP contribution in [0, 0.1) is 5.82 Å². The normalized spacial score (nSPS) is 12.9. The summed E-state index contributed by atoms with van der Waals surface area (Å²) in [6, 6.07) is 5.84. The third-order valence-electron chi connectivity index (χ3n) is 2.47. The molecule has 1 unspecified atom stereocenters. The van der Waals surface area contributed by atoms with E-state index in [0.717, 1.165) is 0 Å². The van der Waals surface area contributed by atoms with Crippen LogP contribution in [-0.4, -0.2) is 19.0 Å². The molecule has 0 fully saturated rings. The third kappa shape index (κ3) is 2.81. The highest BCUT2D eigenvalue weighted by molar-refractivity contribution is 7.84. The summed E-state index contributed by atoms with van der Waals surface area (Å²) in [5.74, 6) is 0.623. The molecule has 96 valence electrons. The number of halogens is 1. The van der Waals surface area contributed by atoms with Crippen molar-refractivity contribution in [2.24, 2.45) is 0 Å². The van der Waals surface area contributed by atoms with Crippen molar-refractivity contribution in [2.45, 2.75) is 30.5 Å². The first-order valence-electron chi connectivity index (χ1n) is 5.60. The molecule has 0 saturated carbocycles. The van der Waals surface area contributed by atoms with Gasteiger partial charge in [0.1, 0.15) is 18.0 Å². The molecule has 4 nitrogen and oxygen atoms in total. The number of hydrogen-bond donors (Lipinski definition) is 0. The van der Waals surface area contributed by atoms with Crippen LogP contribution >= 0.6 is 0 Å². The largest absolute Gasteiger partial charge is 0.254 e. The Labute approximate surface area is 107 Å². The molecular weight excluding hydrogens is 253 g/mol. The zero-order valence-electron chi connectivity index (χ0n) is 10.2. The number of nitrogens with zero attached hydrogens (tertiary/aromatic N) is 3. The zero-order chi connectivity index (χ0) is 13.1. The topological polar surface area (TPSA) is 47.8 Å². The van der Waals surface area contributed by atoms with Gasteiger partial charge in [0.15, 0.2) is 0 Å². The van der Waals surface area contributed by atoms with E-state index in [1.165, 1.54) is 30.6 Å². The fraction of sp³-hybridized carbons (Fsp3) is 0.333. The van der Waals surface area contributed by atoms with Crippen molar-refractivity contribution in [1.82, 2.24) is 14.8 Å². The minimum absolute atomic E-state index is 0.174. The van der Waals surface area contributed by atoms with Crippen LogP contribution < -0.4 is 0 Å². The Morgan fingerprint density at radius 2 is 2.00 bits per heavy atom. The molecule has 0 radical (unpaired) electrons. The maximum absolute atomic E-state index is 12.8. The van der Waals surface area contributed by atoms with E-state index in [4.69, 9.17) is 0 Å². The average Bonchev–Trinajstić information content (AvgIpc) is 2.78. The van der Waals surface area contributed by atoms with E-state index in [9.17, 15) is 8.60 Å². The number of hydrogen-bond acceptors (Lipinski definition) is 3. The fourth-order valence-corrected chi connectivity index (χ4v) is 2.64. The molecule has 1 aromatic heterocycles. The van der Waals surface area contributed by atoms with Crippen molar-refractivity contribution in [3.8, 4) is 0 Å². The van der Waals surface area contributed by atoms with Gasteiger partial charge in [-0.25, -0.2) is 14.1 Å². The lowest BCUT2D eigenvalue weighted by Gasteiger charge is -2.09. The first kappa shape index (κ1) is 12.9. The standard InChI is InChI=1S/C12H14FN3OS/c1-9(2)16-12(14-8-15-16)7-18(17)11-5-3-10(13)4-6-11/h3-6,8-9H,7H2,1-2H3. The molecule has 0 aliphatic carbocycles. The predicted octanol–water partition coefficient (Wildman–Crippen LogP) is 2.31. The van der Waals surface area contributed by atoms with Crippen molar-refractivity contribution < 1.29 is 8.60 Å². The average molecular weight is 267 g/mol. The first-order chi connectivity index (χ1) is 8.58. The Hall–Kier alpha value is -1.56. The molecule has 0 saturated heterocycles. The molecule has 0 aliphatic rings. The Morgan fingerprint density at radius 3 is 2.61 bits per heavy atom. The van der Waals surface area contributed by atoms with Crippen LogP contribution in [0.15, 0.2) is 35.5 Å². The lowest BCUT2D eigenvalue weighted by molar-refractivity contribution is 0.513. The van der Waals surface area contributed by atoms with Gasteiger partial charge in [-0.1, -0.05) is 0 Å². The number of aromatic nitrogens is 3. The molecular formula is C12H14FN3OS. The van der Waals surface area contributed by atoms with Crippen LogP contribution in [0.2, 0.25) is 0 Å². The van der Waals surface area contributed by atoms with Crippen LogP contribution in [0.5, 0.6) is 0 Å². The summed E-state index contributed by atoms with van der Waals surface area (Å²) in [4.78, 5) is 4.70. The summed E-state index contributed by atoms with van der Waals surface area (Å²) in [6.07, 6.45) is 1.46. The zero-order valence-corrected chi connectivity index (χ0v) is 11.0. The summed E-state index contributed by atoms with van der Waals surface area (Å²) < 4.78 is 26.6. The summed E-state index contributed by atoms with van der Waals surface area (Å²) in [5.41, 5.74) is 0. The molecule has 6 heteroatoms. The lowest BCUT2D eigenvalue weighted by Crippen LogP contribution is -2.10. The summed E-state index contributed by atoms with van der Waals surface area (Å²) in [7, 11) is -1.24. The van der Waals surface area contributed by atoms with Gasteiger partial charge in [-0.05, 0) is 38.1 Å². The van der Waals surface area contributed by atoms with Crippen LogP contribution in [0.4, 0.5) is 4.39 Å². The Kier molecular flexibility index (Phi) is 3.86. The lowest BCUT2D eigenvalue weighted by atomic mass is 10.4. The molecule has 1 atom stereocenters. The molecule has 1 heterocycles. The second-order valence-electron chi connectivity index (χ2n) is 4.16. The van der Waals surface area contributed by atoms with Crippen LogP contribution in [0.3, 0.4) is 0 Å². The predicted molar refractivity (Wildman–Crippen MR) is 66.9 cm³/mol. The summed E-state index contributed by atoms with van der Waals surface area (Å²) in [6.45, 7) is 3.97. The molecule has 0 N–H and O–H groups in total. The highest BCUT2D eigenvalue weighted by Gasteiger charge is 2.12. The Balaban J connectivity index is 2.16. The first-order valence-corrected chi connectivity index (χ1v) is 6.92. The smallest absolute Gasteiger partial charge is 0.140 e. The van der Waals surface area contributed by atoms with Crippen LogP contribution in [0.1, 0.15) is 25.7 Å². The molecule has 0 spiro atoms. The van der Waals surface area contributed by atoms with Crippen molar-refractivity contribution in [2.75, 3.05) is 0 Å². The van der Waals surface area contributed by atoms with Crippen LogP contribution in [0.25, 0.3) is 0 Å². The quantitative estimate of drug-likeness (QED) is 0.854. The highest BCUT2D eigenvalue weighted by Crippen LogP contribution is 2.13. The van der Waals surface area contributed by atoms with Crippen molar-refractivity contribution in [3.63, 3.8) is 0 Å². The molecule has 18 heavy (non-hydrogen) atoms. The second kappa shape index (κ2) is 5.39. The minimum Gasteiger partial charge on any atom is -0.254 e. The van der Waals surface area contributed by atoms with E-state index in [2.05, 4.69) is 10.1 Å². The monoisotopic (exact) mass is 267 g/mol. The van der Waals surface area contributed by atoms with Gasteiger partial charge in [0.05, 0.1) is 16.6 Å². The molecule has 2 aromatic rings. The van der Waals surface area contributed by atoms with Crippen molar-refractivity contribution in [3.05, 3.63) is 42.2 Å². The van der Waals surface area contributed by atoms with Gasteiger partial charge in [0.25, 0.3) is 0 Å². The number of rotatable bonds is 4. The van der Waals surface area contributed by atoms with E-state index in [-0.39, 0.29) is 17.6 Å². The van der Waals surface area contributed by atoms with Gasteiger partial charge in [-0.2, -0.15) is 5.10 Å². The van der Waals surface area contributed by atoms with Gasteiger partial charge in [0, 0.05) is 10.9 Å². The minimum atomic E-state index is -1.24. The van der Waals surface area contributed by atoms with Gasteiger partial charge < -0.3 is 0 Å².